The molecule has 4 heteroatoms. The van der Waals surface area contributed by atoms with E-state index in [4.69, 9.17) is 0 Å². The fourth-order valence-corrected chi connectivity index (χ4v) is 2.99. The van der Waals surface area contributed by atoms with Gasteiger partial charge >= 0.3 is 41.9 Å². The number of rotatable bonds is 3. The summed E-state index contributed by atoms with van der Waals surface area (Å²) in [6.07, 6.45) is 9.28. The summed E-state index contributed by atoms with van der Waals surface area (Å²) in [6, 6.07) is 23.4. The first-order valence-corrected chi connectivity index (χ1v) is 15.5. The standard InChI is InChI=1S/C13H15.C9H7.C2H6Si.2ClH.Zr/c1-2-3-6-11-9-10-12-7-4-5-8-13(11)12;1-2-5-9-7-3-6-8(9)4-1;1-3-2;;;/h2,4-5,7-11H,3,6H2,1H3;1-7H;1-2H3;2*1H;/q2*-1;;;;+2/p-2. The number of halogens is 2. The molecule has 148 valence electrons. The van der Waals surface area contributed by atoms with Gasteiger partial charge in [0.05, 0.1) is 0 Å². The molecule has 1 aliphatic rings. The van der Waals surface area contributed by atoms with Gasteiger partial charge in [-0.3, -0.25) is 0 Å². The number of hydrogen-bond acceptors (Lipinski definition) is 0. The summed E-state index contributed by atoms with van der Waals surface area (Å²) in [4.78, 5) is 0. The Kier molecular flexibility index (Phi) is 15.0. The van der Waals surface area contributed by atoms with Gasteiger partial charge in [0.15, 0.2) is 0 Å². The zero-order valence-corrected chi connectivity index (χ0v) is 21.8. The third-order valence-electron chi connectivity index (χ3n) is 4.22. The van der Waals surface area contributed by atoms with E-state index in [0.717, 1.165) is 0 Å². The van der Waals surface area contributed by atoms with Crippen molar-refractivity contribution in [3.63, 3.8) is 0 Å². The molecular weight excluding hydrogens is 478 g/mol. The first-order valence-electron chi connectivity index (χ1n) is 9.29. The van der Waals surface area contributed by atoms with Gasteiger partial charge in [-0.05, 0) is 11.1 Å². The zero-order valence-electron chi connectivity index (χ0n) is 16.8. The van der Waals surface area contributed by atoms with Gasteiger partial charge in [0.2, 0.25) is 0 Å². The van der Waals surface area contributed by atoms with Gasteiger partial charge in [-0.2, -0.15) is 30.9 Å². The average Bonchev–Trinajstić information content (AvgIpc) is 3.27. The van der Waals surface area contributed by atoms with Crippen molar-refractivity contribution in [2.45, 2.75) is 38.8 Å². The number of fused-ring (bicyclic) bond motifs is 2. The minimum Gasteiger partial charge on any atom is -1.00 e. The second-order valence-corrected chi connectivity index (χ2v) is 16.1. The smallest absolute Gasteiger partial charge is 0.0809 e. The molecule has 0 radical (unpaired) electrons. The number of benzene rings is 2. The van der Waals surface area contributed by atoms with Crippen LogP contribution in [0.2, 0.25) is 13.1 Å². The SMILES string of the molecule is C[CH-]CCC1C=Cc2ccccc21.C[Si](C)=[Zr+2].[Cl-].[Cl-].c1ccc2[cH-]ccc2c1. The van der Waals surface area contributed by atoms with Gasteiger partial charge < -0.3 is 31.2 Å². The topological polar surface area (TPSA) is 0 Å². The van der Waals surface area contributed by atoms with Gasteiger partial charge in [0, 0.05) is 5.92 Å². The predicted molar refractivity (Wildman–Crippen MR) is 114 cm³/mol. The van der Waals surface area contributed by atoms with Crippen molar-refractivity contribution in [2.24, 2.45) is 0 Å². The maximum absolute atomic E-state index is 2.33. The van der Waals surface area contributed by atoms with Crippen LogP contribution >= 0.6 is 0 Å². The number of hydrogen-bond donors (Lipinski definition) is 0. The van der Waals surface area contributed by atoms with Crippen molar-refractivity contribution in [1.29, 1.82) is 0 Å². The summed E-state index contributed by atoms with van der Waals surface area (Å²) in [5, 5.41) is 2.66. The van der Waals surface area contributed by atoms with Crippen molar-refractivity contribution in [2.75, 3.05) is 0 Å². The van der Waals surface area contributed by atoms with Crippen molar-refractivity contribution >= 4 is 22.3 Å². The Labute approximate surface area is 198 Å². The quantitative estimate of drug-likeness (QED) is 0.370. The van der Waals surface area contributed by atoms with Crippen LogP contribution in [-0.4, -0.2) is 5.43 Å². The Morgan fingerprint density at radius 2 is 1.64 bits per heavy atom. The molecule has 1 aliphatic carbocycles. The molecular formula is C24H28Cl2SiZr-2. The first-order chi connectivity index (χ1) is 12.6. The monoisotopic (exact) mass is 504 g/mol. The molecule has 1 atom stereocenters. The van der Waals surface area contributed by atoms with Crippen LogP contribution in [0.25, 0.3) is 16.8 Å². The Morgan fingerprint density at radius 3 is 2.32 bits per heavy atom. The Hall–Kier alpha value is -0.530. The summed E-state index contributed by atoms with van der Waals surface area (Å²) in [5.74, 6) is 0.660. The minimum atomic E-state index is 0. The zero-order chi connectivity index (χ0) is 18.8. The van der Waals surface area contributed by atoms with Crippen molar-refractivity contribution in [3.8, 4) is 0 Å². The largest absolute Gasteiger partial charge is 1.00 e. The van der Waals surface area contributed by atoms with E-state index >= 15 is 0 Å². The molecule has 28 heavy (non-hydrogen) atoms. The van der Waals surface area contributed by atoms with Gasteiger partial charge in [0.25, 0.3) is 0 Å². The molecule has 3 aromatic carbocycles. The summed E-state index contributed by atoms with van der Waals surface area (Å²) in [6.45, 7) is 6.75. The molecule has 0 nitrogen and oxygen atoms in total. The van der Waals surface area contributed by atoms with E-state index < -0.39 is 0 Å². The maximum atomic E-state index is 2.33. The van der Waals surface area contributed by atoms with Gasteiger partial charge in [-0.1, -0.05) is 48.9 Å². The average molecular weight is 507 g/mol. The normalized spacial score (nSPS) is 13.1. The van der Waals surface area contributed by atoms with Crippen LogP contribution in [0.3, 0.4) is 0 Å². The number of allylic oxidation sites excluding steroid dienone is 1. The molecule has 3 aromatic rings. The van der Waals surface area contributed by atoms with E-state index in [9.17, 15) is 0 Å². The maximum Gasteiger partial charge on any atom is -0.0809 e. The Bertz CT molecular complexity index is 820. The molecule has 0 saturated heterocycles. The second kappa shape index (κ2) is 15.3. The fraction of sp³-hybridized carbons (Fsp3) is 0.250. The molecule has 1 unspecified atom stereocenters. The first kappa shape index (κ1) is 27.5. The van der Waals surface area contributed by atoms with Gasteiger partial charge in [0.1, 0.15) is 0 Å². The Balaban J connectivity index is 0.000000428. The van der Waals surface area contributed by atoms with Crippen LogP contribution in [0.5, 0.6) is 0 Å². The molecule has 0 aromatic heterocycles. The molecule has 0 fully saturated rings. The third kappa shape index (κ3) is 9.31. The third-order valence-corrected chi connectivity index (χ3v) is 4.22. The molecule has 0 saturated carbocycles. The van der Waals surface area contributed by atoms with Crippen LogP contribution < -0.4 is 24.8 Å². The van der Waals surface area contributed by atoms with E-state index in [0.29, 0.717) is 5.92 Å². The van der Waals surface area contributed by atoms with Crippen molar-refractivity contribution < 1.29 is 48.1 Å². The molecule has 0 heterocycles. The van der Waals surface area contributed by atoms with Crippen molar-refractivity contribution in [1.82, 2.24) is 0 Å². The molecule has 0 bridgehead atoms. The Morgan fingerprint density at radius 1 is 1.00 bits per heavy atom. The summed E-state index contributed by atoms with van der Waals surface area (Å²) < 4.78 is 0. The van der Waals surface area contributed by atoms with E-state index in [1.54, 1.807) is 23.3 Å². The molecule has 0 spiro atoms. The van der Waals surface area contributed by atoms with Crippen LogP contribution in [0, 0.1) is 6.42 Å². The summed E-state index contributed by atoms with van der Waals surface area (Å²) >= 11 is 1.74. The van der Waals surface area contributed by atoms with E-state index in [1.807, 2.05) is 0 Å². The van der Waals surface area contributed by atoms with Crippen LogP contribution in [0.4, 0.5) is 0 Å². The van der Waals surface area contributed by atoms with Gasteiger partial charge in [-0.15, -0.1) is 29.7 Å². The second-order valence-electron chi connectivity index (χ2n) is 6.73. The predicted octanol–water partition coefficient (Wildman–Crippen LogP) is 1.15. The van der Waals surface area contributed by atoms with E-state index in [1.165, 1.54) is 34.7 Å². The summed E-state index contributed by atoms with van der Waals surface area (Å²) in [5.41, 5.74) is 3.12. The van der Waals surface area contributed by atoms with E-state index in [-0.39, 0.29) is 30.2 Å². The van der Waals surface area contributed by atoms with Crippen LogP contribution in [0.15, 0.2) is 72.8 Å². The molecule has 0 N–H and O–H groups in total. The number of unbranched alkanes of at least 4 members (excludes halogenated alkanes) is 1. The van der Waals surface area contributed by atoms with Crippen LogP contribution in [0.1, 0.15) is 36.8 Å². The van der Waals surface area contributed by atoms with Gasteiger partial charge in [-0.25, -0.2) is 0 Å². The van der Waals surface area contributed by atoms with E-state index in [2.05, 4.69) is 105 Å². The fourth-order valence-electron chi connectivity index (χ4n) is 2.99. The minimum absolute atomic E-state index is 0. The molecule has 4 rings (SSSR count). The summed E-state index contributed by atoms with van der Waals surface area (Å²) in [7, 11) is 0. The molecule has 0 amide bonds. The van der Waals surface area contributed by atoms with Crippen molar-refractivity contribution in [3.05, 3.63) is 90.4 Å². The molecule has 0 aliphatic heterocycles. The van der Waals surface area contributed by atoms with Crippen LogP contribution in [-0.2, 0) is 23.3 Å².